The largest absolute Gasteiger partial charge is 0.497 e. The Balaban J connectivity index is 1.74. The third-order valence-electron chi connectivity index (χ3n) is 4.28. The first-order chi connectivity index (χ1) is 9.71. The highest BCUT2D eigenvalue weighted by Crippen LogP contribution is 2.37. The van der Waals surface area contributed by atoms with Gasteiger partial charge in [0, 0.05) is 23.6 Å². The molecule has 1 aromatic rings. The van der Waals surface area contributed by atoms with Gasteiger partial charge >= 0.3 is 0 Å². The van der Waals surface area contributed by atoms with Crippen molar-refractivity contribution in [2.45, 2.75) is 31.5 Å². The van der Waals surface area contributed by atoms with Gasteiger partial charge in [-0.1, -0.05) is 6.07 Å². The lowest BCUT2D eigenvalue weighted by molar-refractivity contribution is -0.144. The number of ether oxygens (including phenoxy) is 2. The Bertz CT molecular complexity index is 479. The van der Waals surface area contributed by atoms with Gasteiger partial charge in [-0.25, -0.2) is 0 Å². The second-order valence-corrected chi connectivity index (χ2v) is 5.50. The molecule has 20 heavy (non-hydrogen) atoms. The predicted octanol–water partition coefficient (Wildman–Crippen LogP) is 1.59. The van der Waals surface area contributed by atoms with Crippen molar-refractivity contribution in [2.75, 3.05) is 20.8 Å². The number of benzene rings is 1. The first-order valence-corrected chi connectivity index (χ1v) is 6.99. The highest BCUT2D eigenvalue weighted by atomic mass is 16.7. The van der Waals surface area contributed by atoms with Gasteiger partial charge < -0.3 is 14.6 Å². The third-order valence-corrected chi connectivity index (χ3v) is 4.28. The molecule has 5 nitrogen and oxygen atoms in total. The Morgan fingerprint density at radius 2 is 2.15 bits per heavy atom. The second kappa shape index (κ2) is 5.60. The number of rotatable bonds is 4. The Morgan fingerprint density at radius 1 is 1.30 bits per heavy atom. The number of aliphatic hydroxyl groups excluding tert-OH is 1. The minimum Gasteiger partial charge on any atom is -0.497 e. The van der Waals surface area contributed by atoms with Gasteiger partial charge in [0.2, 0.25) is 0 Å². The Hall–Kier alpha value is -1.30. The van der Waals surface area contributed by atoms with Crippen molar-refractivity contribution in [1.82, 2.24) is 5.06 Å². The first kappa shape index (κ1) is 13.7. The average molecular weight is 279 g/mol. The van der Waals surface area contributed by atoms with E-state index in [2.05, 4.69) is 0 Å². The molecule has 1 aliphatic heterocycles. The third kappa shape index (κ3) is 2.49. The minimum absolute atomic E-state index is 0.186. The summed E-state index contributed by atoms with van der Waals surface area (Å²) >= 11 is 0. The van der Waals surface area contributed by atoms with E-state index in [9.17, 15) is 5.11 Å². The van der Waals surface area contributed by atoms with E-state index in [0.29, 0.717) is 25.1 Å². The quantitative estimate of drug-likeness (QED) is 0.907. The maximum absolute atomic E-state index is 9.76. The van der Waals surface area contributed by atoms with Gasteiger partial charge in [0.05, 0.1) is 33.5 Å². The zero-order chi connectivity index (χ0) is 14.1. The molecule has 0 aromatic heterocycles. The van der Waals surface area contributed by atoms with Gasteiger partial charge in [-0.2, -0.15) is 5.06 Å². The monoisotopic (exact) mass is 279 g/mol. The normalized spacial score (nSPS) is 29.4. The van der Waals surface area contributed by atoms with Crippen molar-refractivity contribution in [1.29, 1.82) is 0 Å². The van der Waals surface area contributed by atoms with Crippen LogP contribution in [0.4, 0.5) is 0 Å². The molecule has 110 valence electrons. The molecule has 1 aromatic carbocycles. The molecular weight excluding hydrogens is 258 g/mol. The molecule has 0 radical (unpaired) electrons. The van der Waals surface area contributed by atoms with Crippen molar-refractivity contribution in [3.8, 4) is 11.5 Å². The van der Waals surface area contributed by atoms with Gasteiger partial charge in [0.25, 0.3) is 0 Å². The number of nitrogens with zero attached hydrogens (tertiary/aromatic N) is 1. The number of hydrogen-bond donors (Lipinski definition) is 1. The van der Waals surface area contributed by atoms with Gasteiger partial charge in [-0.05, 0) is 18.9 Å². The van der Waals surface area contributed by atoms with Crippen LogP contribution in [0.3, 0.4) is 0 Å². The van der Waals surface area contributed by atoms with Crippen molar-refractivity contribution >= 4 is 0 Å². The van der Waals surface area contributed by atoms with E-state index in [1.165, 1.54) is 0 Å². The van der Waals surface area contributed by atoms with Gasteiger partial charge in [0.15, 0.2) is 0 Å². The summed E-state index contributed by atoms with van der Waals surface area (Å²) in [5, 5.41) is 11.8. The summed E-state index contributed by atoms with van der Waals surface area (Å²) in [6.07, 6.45) is 1.46. The van der Waals surface area contributed by atoms with Crippen molar-refractivity contribution in [3.63, 3.8) is 0 Å². The molecule has 2 fully saturated rings. The molecule has 1 N–H and O–H groups in total. The van der Waals surface area contributed by atoms with E-state index >= 15 is 0 Å². The summed E-state index contributed by atoms with van der Waals surface area (Å²) in [4.78, 5) is 5.76. The van der Waals surface area contributed by atoms with Gasteiger partial charge in [-0.3, -0.25) is 4.84 Å². The van der Waals surface area contributed by atoms with Crippen LogP contribution in [0.25, 0.3) is 0 Å². The first-order valence-electron chi connectivity index (χ1n) is 6.99. The lowest BCUT2D eigenvalue weighted by Gasteiger charge is -2.22. The number of aliphatic hydroxyl groups is 1. The molecule has 3 unspecified atom stereocenters. The van der Waals surface area contributed by atoms with E-state index in [1.807, 2.05) is 23.3 Å². The van der Waals surface area contributed by atoms with Crippen molar-refractivity contribution in [2.24, 2.45) is 5.92 Å². The fourth-order valence-corrected chi connectivity index (χ4v) is 3.21. The molecule has 0 bridgehead atoms. The molecule has 3 rings (SSSR count). The zero-order valence-corrected chi connectivity index (χ0v) is 11.9. The number of fused-ring (bicyclic) bond motifs is 1. The smallest absolute Gasteiger partial charge is 0.127 e. The number of methoxy groups -OCH3 is 2. The SMILES string of the molecule is COc1ccc(CN2OCC3CC(O)CC32)c(OC)c1. The van der Waals surface area contributed by atoms with E-state index in [-0.39, 0.29) is 6.10 Å². The summed E-state index contributed by atoms with van der Waals surface area (Å²) < 4.78 is 10.6. The Kier molecular flexibility index (Phi) is 3.83. The average Bonchev–Trinajstić information content (AvgIpc) is 2.99. The van der Waals surface area contributed by atoms with Crippen LogP contribution in [0.15, 0.2) is 18.2 Å². The minimum atomic E-state index is -0.186. The topological polar surface area (TPSA) is 51.2 Å². The number of hydrogen-bond acceptors (Lipinski definition) is 5. The van der Waals surface area contributed by atoms with Crippen LogP contribution in [0, 0.1) is 5.92 Å². The summed E-state index contributed by atoms with van der Waals surface area (Å²) in [7, 11) is 3.30. The van der Waals surface area contributed by atoms with E-state index < -0.39 is 0 Å². The van der Waals surface area contributed by atoms with Gasteiger partial charge in [0.1, 0.15) is 11.5 Å². The van der Waals surface area contributed by atoms with E-state index in [0.717, 1.165) is 29.9 Å². The summed E-state index contributed by atoms with van der Waals surface area (Å²) in [6, 6.07) is 6.12. The summed E-state index contributed by atoms with van der Waals surface area (Å²) in [5.74, 6) is 2.03. The molecule has 2 aliphatic rings. The highest BCUT2D eigenvalue weighted by molar-refractivity contribution is 5.40. The molecule has 1 aliphatic carbocycles. The molecule has 0 amide bonds. The van der Waals surface area contributed by atoms with Crippen LogP contribution in [0.1, 0.15) is 18.4 Å². The number of hydroxylamine groups is 2. The fourth-order valence-electron chi connectivity index (χ4n) is 3.21. The molecule has 3 atom stereocenters. The van der Waals surface area contributed by atoms with E-state index in [4.69, 9.17) is 14.3 Å². The lowest BCUT2D eigenvalue weighted by atomic mass is 10.1. The van der Waals surface area contributed by atoms with Crippen LogP contribution in [0.5, 0.6) is 11.5 Å². The van der Waals surface area contributed by atoms with Crippen molar-refractivity contribution < 1.29 is 19.4 Å². The van der Waals surface area contributed by atoms with E-state index in [1.54, 1.807) is 14.2 Å². The highest BCUT2D eigenvalue weighted by Gasteiger charge is 2.43. The zero-order valence-electron chi connectivity index (χ0n) is 11.9. The Morgan fingerprint density at radius 3 is 2.90 bits per heavy atom. The van der Waals surface area contributed by atoms with Crippen LogP contribution >= 0.6 is 0 Å². The van der Waals surface area contributed by atoms with Crippen LogP contribution in [-0.2, 0) is 11.4 Å². The van der Waals surface area contributed by atoms with Crippen LogP contribution in [-0.4, -0.2) is 43.1 Å². The molecule has 0 spiro atoms. The maximum Gasteiger partial charge on any atom is 0.127 e. The molecule has 5 heteroatoms. The maximum atomic E-state index is 9.76. The predicted molar refractivity (Wildman–Crippen MR) is 73.6 cm³/mol. The van der Waals surface area contributed by atoms with Crippen molar-refractivity contribution in [3.05, 3.63) is 23.8 Å². The second-order valence-electron chi connectivity index (χ2n) is 5.50. The van der Waals surface area contributed by atoms with Gasteiger partial charge in [-0.15, -0.1) is 0 Å². The van der Waals surface area contributed by atoms with Crippen LogP contribution in [0.2, 0.25) is 0 Å². The molecular formula is C15H21NO4. The summed E-state index contributed by atoms with van der Waals surface area (Å²) in [5.41, 5.74) is 1.07. The molecule has 1 saturated carbocycles. The summed E-state index contributed by atoms with van der Waals surface area (Å²) in [6.45, 7) is 1.38. The molecule has 1 saturated heterocycles. The fraction of sp³-hybridized carbons (Fsp3) is 0.600. The Labute approximate surface area is 119 Å². The lowest BCUT2D eigenvalue weighted by Crippen LogP contribution is -2.29. The standard InChI is InChI=1S/C15H21NO4/c1-18-13-4-3-10(15(7-13)19-2)8-16-14-6-12(17)5-11(14)9-20-16/h3-4,7,11-12,14,17H,5-6,8-9H2,1-2H3. The molecule has 1 heterocycles. The van der Waals surface area contributed by atoms with Crippen LogP contribution < -0.4 is 9.47 Å².